The minimum Gasteiger partial charge on any atom is -0.497 e. The Morgan fingerprint density at radius 1 is 1.20 bits per heavy atom. The highest BCUT2D eigenvalue weighted by molar-refractivity contribution is 5.76. The molecule has 0 atom stereocenters. The molecular formula is C15H23NO4. The normalized spacial score (nSPS) is 11.1. The number of carbonyl (C=O) groups is 1. The summed E-state index contributed by atoms with van der Waals surface area (Å²) in [4.78, 5) is 11.6. The molecule has 0 heterocycles. The van der Waals surface area contributed by atoms with Crippen molar-refractivity contribution in [2.45, 2.75) is 20.4 Å². The standard InChI is InChI=1S/C15H23NO4/c1-15(2,14(17)20-5)10-16-9-11-6-7-12(18-3)8-13(11)19-4/h6-8,16H,9-10H2,1-5H3. The van der Waals surface area contributed by atoms with Crippen molar-refractivity contribution in [3.63, 3.8) is 0 Å². The lowest BCUT2D eigenvalue weighted by atomic mass is 9.93. The lowest BCUT2D eigenvalue weighted by Crippen LogP contribution is -2.36. The summed E-state index contributed by atoms with van der Waals surface area (Å²) in [5, 5.41) is 3.25. The summed E-state index contributed by atoms with van der Waals surface area (Å²) in [5.74, 6) is 1.28. The highest BCUT2D eigenvalue weighted by Crippen LogP contribution is 2.24. The van der Waals surface area contributed by atoms with Gasteiger partial charge < -0.3 is 19.5 Å². The second-order valence-corrected chi connectivity index (χ2v) is 5.16. The van der Waals surface area contributed by atoms with Gasteiger partial charge in [-0.05, 0) is 19.9 Å². The number of benzene rings is 1. The number of nitrogens with one attached hydrogen (secondary N) is 1. The van der Waals surface area contributed by atoms with Crippen LogP contribution in [0.5, 0.6) is 11.5 Å². The van der Waals surface area contributed by atoms with E-state index in [1.807, 2.05) is 32.0 Å². The summed E-state index contributed by atoms with van der Waals surface area (Å²) in [6.45, 7) is 4.82. The lowest BCUT2D eigenvalue weighted by Gasteiger charge is -2.22. The minimum atomic E-state index is -0.561. The molecule has 0 aromatic heterocycles. The summed E-state index contributed by atoms with van der Waals surface area (Å²) < 4.78 is 15.3. The molecule has 1 N–H and O–H groups in total. The van der Waals surface area contributed by atoms with E-state index >= 15 is 0 Å². The first-order chi connectivity index (χ1) is 9.44. The first-order valence-electron chi connectivity index (χ1n) is 6.44. The Balaban J connectivity index is 2.64. The van der Waals surface area contributed by atoms with Crippen LogP contribution in [-0.2, 0) is 16.1 Å². The summed E-state index contributed by atoms with van der Waals surface area (Å²) in [5.41, 5.74) is 0.447. The minimum absolute atomic E-state index is 0.230. The van der Waals surface area contributed by atoms with Crippen molar-refractivity contribution in [2.75, 3.05) is 27.9 Å². The first kappa shape index (κ1) is 16.3. The van der Waals surface area contributed by atoms with Crippen molar-refractivity contribution in [3.05, 3.63) is 23.8 Å². The maximum absolute atomic E-state index is 11.6. The molecule has 0 aliphatic rings. The van der Waals surface area contributed by atoms with Gasteiger partial charge in [0.05, 0.1) is 26.7 Å². The maximum atomic E-state index is 11.6. The molecule has 1 aromatic rings. The molecule has 0 bridgehead atoms. The van der Waals surface area contributed by atoms with Crippen LogP contribution in [0.4, 0.5) is 0 Å². The fourth-order valence-corrected chi connectivity index (χ4v) is 1.86. The van der Waals surface area contributed by atoms with Crippen LogP contribution in [0, 0.1) is 5.41 Å². The van der Waals surface area contributed by atoms with Gasteiger partial charge in [-0.25, -0.2) is 0 Å². The van der Waals surface area contributed by atoms with Crippen molar-refractivity contribution >= 4 is 5.97 Å². The van der Waals surface area contributed by atoms with E-state index in [0.29, 0.717) is 13.1 Å². The van der Waals surface area contributed by atoms with E-state index in [-0.39, 0.29) is 5.97 Å². The topological polar surface area (TPSA) is 56.8 Å². The van der Waals surface area contributed by atoms with E-state index in [0.717, 1.165) is 17.1 Å². The fourth-order valence-electron chi connectivity index (χ4n) is 1.86. The highest BCUT2D eigenvalue weighted by atomic mass is 16.5. The Labute approximate surface area is 120 Å². The predicted molar refractivity (Wildman–Crippen MR) is 77.0 cm³/mol. The Morgan fingerprint density at radius 2 is 1.90 bits per heavy atom. The molecule has 5 heteroatoms. The van der Waals surface area contributed by atoms with Crippen LogP contribution in [0.3, 0.4) is 0 Å². The molecule has 0 unspecified atom stereocenters. The van der Waals surface area contributed by atoms with Crippen LogP contribution in [0.15, 0.2) is 18.2 Å². The zero-order valence-electron chi connectivity index (χ0n) is 12.8. The van der Waals surface area contributed by atoms with Gasteiger partial charge >= 0.3 is 5.97 Å². The zero-order valence-corrected chi connectivity index (χ0v) is 12.8. The highest BCUT2D eigenvalue weighted by Gasteiger charge is 2.28. The van der Waals surface area contributed by atoms with Gasteiger partial charge in [-0.3, -0.25) is 4.79 Å². The Hall–Kier alpha value is -1.75. The monoisotopic (exact) mass is 281 g/mol. The summed E-state index contributed by atoms with van der Waals surface area (Å²) in [7, 11) is 4.64. The predicted octanol–water partition coefficient (Wildman–Crippen LogP) is 1.99. The second kappa shape index (κ2) is 7.14. The number of ether oxygens (including phenoxy) is 3. The SMILES string of the molecule is COC(=O)C(C)(C)CNCc1ccc(OC)cc1OC. The van der Waals surface area contributed by atoms with E-state index in [2.05, 4.69) is 5.32 Å². The number of carbonyl (C=O) groups excluding carboxylic acids is 1. The number of hydrogen-bond donors (Lipinski definition) is 1. The third kappa shape index (κ3) is 4.13. The number of esters is 1. The molecule has 0 spiro atoms. The van der Waals surface area contributed by atoms with Crippen LogP contribution in [-0.4, -0.2) is 33.8 Å². The van der Waals surface area contributed by atoms with Crippen LogP contribution in [0.2, 0.25) is 0 Å². The molecule has 5 nitrogen and oxygen atoms in total. The van der Waals surface area contributed by atoms with Gasteiger partial charge in [0.25, 0.3) is 0 Å². The van der Waals surface area contributed by atoms with Gasteiger partial charge in [0.2, 0.25) is 0 Å². The van der Waals surface area contributed by atoms with Crippen molar-refractivity contribution in [2.24, 2.45) is 5.41 Å². The van der Waals surface area contributed by atoms with E-state index in [9.17, 15) is 4.79 Å². The van der Waals surface area contributed by atoms with Crippen LogP contribution >= 0.6 is 0 Å². The molecule has 0 saturated carbocycles. The Bertz CT molecular complexity index is 457. The van der Waals surface area contributed by atoms with Gasteiger partial charge in [-0.1, -0.05) is 6.07 Å². The molecule has 112 valence electrons. The van der Waals surface area contributed by atoms with Gasteiger partial charge in [-0.15, -0.1) is 0 Å². The third-order valence-corrected chi connectivity index (χ3v) is 3.11. The van der Waals surface area contributed by atoms with E-state index < -0.39 is 5.41 Å². The molecule has 1 aromatic carbocycles. The van der Waals surface area contributed by atoms with Crippen molar-refractivity contribution in [3.8, 4) is 11.5 Å². The molecule has 0 saturated heterocycles. The molecule has 0 amide bonds. The van der Waals surface area contributed by atoms with Crippen LogP contribution in [0.1, 0.15) is 19.4 Å². The average molecular weight is 281 g/mol. The van der Waals surface area contributed by atoms with Crippen LogP contribution < -0.4 is 14.8 Å². The average Bonchev–Trinajstić information content (AvgIpc) is 2.46. The van der Waals surface area contributed by atoms with Crippen molar-refractivity contribution < 1.29 is 19.0 Å². The summed E-state index contributed by atoms with van der Waals surface area (Å²) >= 11 is 0. The molecule has 1 rings (SSSR count). The first-order valence-corrected chi connectivity index (χ1v) is 6.44. The van der Waals surface area contributed by atoms with Crippen LogP contribution in [0.25, 0.3) is 0 Å². The van der Waals surface area contributed by atoms with E-state index in [1.165, 1.54) is 7.11 Å². The van der Waals surface area contributed by atoms with Crippen molar-refractivity contribution in [1.82, 2.24) is 5.32 Å². The smallest absolute Gasteiger partial charge is 0.312 e. The second-order valence-electron chi connectivity index (χ2n) is 5.16. The molecule has 0 radical (unpaired) electrons. The van der Waals surface area contributed by atoms with E-state index in [4.69, 9.17) is 14.2 Å². The molecule has 0 fully saturated rings. The summed E-state index contributed by atoms with van der Waals surface area (Å²) in [6.07, 6.45) is 0. The number of methoxy groups -OCH3 is 3. The zero-order chi connectivity index (χ0) is 15.2. The Kier molecular flexibility index (Phi) is 5.82. The molecule has 20 heavy (non-hydrogen) atoms. The van der Waals surface area contributed by atoms with Gasteiger partial charge in [0, 0.05) is 24.7 Å². The molecular weight excluding hydrogens is 258 g/mol. The quantitative estimate of drug-likeness (QED) is 0.775. The van der Waals surface area contributed by atoms with E-state index in [1.54, 1.807) is 14.2 Å². The fraction of sp³-hybridized carbons (Fsp3) is 0.533. The molecule has 0 aliphatic carbocycles. The number of hydrogen-bond acceptors (Lipinski definition) is 5. The largest absolute Gasteiger partial charge is 0.497 e. The van der Waals surface area contributed by atoms with Gasteiger partial charge in [0.15, 0.2) is 0 Å². The van der Waals surface area contributed by atoms with Gasteiger partial charge in [-0.2, -0.15) is 0 Å². The molecule has 0 aliphatic heterocycles. The summed E-state index contributed by atoms with van der Waals surface area (Å²) in [6, 6.07) is 5.66. The Morgan fingerprint density at radius 3 is 2.45 bits per heavy atom. The third-order valence-electron chi connectivity index (χ3n) is 3.11. The van der Waals surface area contributed by atoms with Gasteiger partial charge in [0.1, 0.15) is 11.5 Å². The maximum Gasteiger partial charge on any atom is 0.312 e. The number of rotatable bonds is 7. The lowest BCUT2D eigenvalue weighted by molar-refractivity contribution is -0.150. The van der Waals surface area contributed by atoms with Crippen molar-refractivity contribution in [1.29, 1.82) is 0 Å².